The first-order valence-corrected chi connectivity index (χ1v) is 5.26. The molecule has 0 aliphatic rings. The normalized spacial score (nSPS) is 10.7. The predicted molar refractivity (Wildman–Crippen MR) is 61.3 cm³/mol. The van der Waals surface area contributed by atoms with Gasteiger partial charge in [0.1, 0.15) is 5.69 Å². The summed E-state index contributed by atoms with van der Waals surface area (Å²) in [6.07, 6.45) is 0. The van der Waals surface area contributed by atoms with Gasteiger partial charge in [-0.3, -0.25) is 4.79 Å². The Kier molecular flexibility index (Phi) is 2.83. The van der Waals surface area contributed by atoms with Gasteiger partial charge in [-0.25, -0.2) is 4.39 Å². The summed E-state index contributed by atoms with van der Waals surface area (Å²) in [5.74, 6) is -0.788. The van der Waals surface area contributed by atoms with Gasteiger partial charge in [-0.2, -0.15) is 0 Å². The molecule has 0 unspecified atom stereocenters. The summed E-state index contributed by atoms with van der Waals surface area (Å²) in [7, 11) is 0. The highest BCUT2D eigenvalue weighted by atomic mass is 35.5. The van der Waals surface area contributed by atoms with Crippen LogP contribution >= 0.6 is 11.6 Å². The van der Waals surface area contributed by atoms with E-state index in [9.17, 15) is 9.18 Å². The van der Waals surface area contributed by atoms with Gasteiger partial charge >= 0.3 is 0 Å². The number of carbonyl (C=O) groups excluding carboxylic acids is 1. The number of fused-ring (bicyclic) bond motifs is 1. The monoisotopic (exact) mass is 240 g/mol. The van der Waals surface area contributed by atoms with Crippen LogP contribution in [0.3, 0.4) is 0 Å². The SMILES string of the molecule is CCNC(=O)c1cc2ccc(Cl)c(F)c2[nH]1. The molecule has 0 atom stereocenters. The fourth-order valence-electron chi connectivity index (χ4n) is 1.52. The predicted octanol–water partition coefficient (Wildman–Crippen LogP) is 2.71. The van der Waals surface area contributed by atoms with Crippen molar-refractivity contribution >= 4 is 28.4 Å². The van der Waals surface area contributed by atoms with Crippen molar-refractivity contribution in [3.8, 4) is 0 Å². The minimum atomic E-state index is -0.533. The van der Waals surface area contributed by atoms with Gasteiger partial charge in [-0.1, -0.05) is 17.7 Å². The first-order valence-electron chi connectivity index (χ1n) is 4.88. The Balaban J connectivity index is 2.52. The van der Waals surface area contributed by atoms with Crippen LogP contribution in [-0.4, -0.2) is 17.4 Å². The van der Waals surface area contributed by atoms with Gasteiger partial charge in [-0.05, 0) is 19.1 Å². The zero-order valence-corrected chi connectivity index (χ0v) is 9.36. The van der Waals surface area contributed by atoms with Crippen LogP contribution in [-0.2, 0) is 0 Å². The molecule has 2 N–H and O–H groups in total. The number of carbonyl (C=O) groups is 1. The maximum Gasteiger partial charge on any atom is 0.267 e. The van der Waals surface area contributed by atoms with Crippen molar-refractivity contribution in [1.29, 1.82) is 0 Å². The van der Waals surface area contributed by atoms with Gasteiger partial charge in [0.2, 0.25) is 0 Å². The van der Waals surface area contributed by atoms with E-state index in [-0.39, 0.29) is 16.4 Å². The van der Waals surface area contributed by atoms with Crippen molar-refractivity contribution < 1.29 is 9.18 Å². The highest BCUT2D eigenvalue weighted by molar-refractivity contribution is 6.31. The Morgan fingerprint density at radius 1 is 1.56 bits per heavy atom. The second-order valence-corrected chi connectivity index (χ2v) is 3.78. The third-order valence-corrected chi connectivity index (χ3v) is 2.56. The summed E-state index contributed by atoms with van der Waals surface area (Å²) in [6.45, 7) is 2.34. The highest BCUT2D eigenvalue weighted by Gasteiger charge is 2.12. The molecule has 0 aliphatic heterocycles. The average molecular weight is 241 g/mol. The van der Waals surface area contributed by atoms with E-state index in [4.69, 9.17) is 11.6 Å². The third kappa shape index (κ3) is 1.76. The number of benzene rings is 1. The molecule has 16 heavy (non-hydrogen) atoms. The Hall–Kier alpha value is -1.55. The molecule has 0 bridgehead atoms. The van der Waals surface area contributed by atoms with Crippen LogP contribution < -0.4 is 5.32 Å². The Morgan fingerprint density at radius 3 is 3.00 bits per heavy atom. The maximum absolute atomic E-state index is 13.6. The lowest BCUT2D eigenvalue weighted by Gasteiger charge is -1.97. The fraction of sp³-hybridized carbons (Fsp3) is 0.182. The number of amides is 1. The van der Waals surface area contributed by atoms with E-state index in [0.29, 0.717) is 17.6 Å². The van der Waals surface area contributed by atoms with Gasteiger partial charge in [0.05, 0.1) is 10.5 Å². The number of aromatic nitrogens is 1. The number of hydrogen-bond donors (Lipinski definition) is 2. The zero-order chi connectivity index (χ0) is 11.7. The second kappa shape index (κ2) is 4.14. The fourth-order valence-corrected chi connectivity index (χ4v) is 1.67. The largest absolute Gasteiger partial charge is 0.351 e. The Labute approximate surface area is 96.6 Å². The van der Waals surface area contributed by atoms with Crippen LogP contribution in [0.2, 0.25) is 5.02 Å². The number of hydrogen-bond acceptors (Lipinski definition) is 1. The molecule has 2 rings (SSSR count). The number of aromatic amines is 1. The summed E-state index contributed by atoms with van der Waals surface area (Å²) in [5.41, 5.74) is 0.590. The first-order chi connectivity index (χ1) is 7.63. The molecule has 84 valence electrons. The molecule has 5 heteroatoms. The van der Waals surface area contributed by atoms with Gasteiger partial charge in [0, 0.05) is 11.9 Å². The zero-order valence-electron chi connectivity index (χ0n) is 8.60. The number of H-pyrrole nitrogens is 1. The van der Waals surface area contributed by atoms with E-state index in [1.165, 1.54) is 6.07 Å². The summed E-state index contributed by atoms with van der Waals surface area (Å²) >= 11 is 5.64. The minimum absolute atomic E-state index is 0.0387. The lowest BCUT2D eigenvalue weighted by molar-refractivity contribution is 0.0951. The van der Waals surface area contributed by atoms with Gasteiger partial charge < -0.3 is 10.3 Å². The molecule has 3 nitrogen and oxygen atoms in total. The van der Waals surface area contributed by atoms with Crippen molar-refractivity contribution in [2.24, 2.45) is 0 Å². The molecule has 0 saturated heterocycles. The summed E-state index contributed by atoms with van der Waals surface area (Å²) in [4.78, 5) is 14.2. The van der Waals surface area contributed by atoms with Crippen LogP contribution in [0, 0.1) is 5.82 Å². The minimum Gasteiger partial charge on any atom is -0.351 e. The molecular weight excluding hydrogens is 231 g/mol. The quantitative estimate of drug-likeness (QED) is 0.833. The number of rotatable bonds is 2. The van der Waals surface area contributed by atoms with Crippen LogP contribution in [0.15, 0.2) is 18.2 Å². The summed E-state index contributed by atoms with van der Waals surface area (Å²) < 4.78 is 13.6. The summed E-state index contributed by atoms with van der Waals surface area (Å²) in [6, 6.07) is 4.73. The van der Waals surface area contributed by atoms with E-state index in [1.807, 2.05) is 6.92 Å². The summed E-state index contributed by atoms with van der Waals surface area (Å²) in [5, 5.41) is 3.30. The maximum atomic E-state index is 13.6. The van der Waals surface area contributed by atoms with Crippen LogP contribution in [0.1, 0.15) is 17.4 Å². The van der Waals surface area contributed by atoms with Crippen LogP contribution in [0.5, 0.6) is 0 Å². The second-order valence-electron chi connectivity index (χ2n) is 3.37. The molecule has 0 fully saturated rings. The van der Waals surface area contributed by atoms with E-state index in [1.54, 1.807) is 12.1 Å². The van der Waals surface area contributed by atoms with Crippen LogP contribution in [0.4, 0.5) is 4.39 Å². The van der Waals surface area contributed by atoms with Crippen molar-refractivity contribution in [2.75, 3.05) is 6.54 Å². The molecule has 0 saturated carbocycles. The van der Waals surface area contributed by atoms with E-state index in [0.717, 1.165) is 0 Å². The van der Waals surface area contributed by atoms with E-state index < -0.39 is 5.82 Å². The van der Waals surface area contributed by atoms with Gasteiger partial charge in [0.25, 0.3) is 5.91 Å². The van der Waals surface area contributed by atoms with Crippen molar-refractivity contribution in [3.05, 3.63) is 34.7 Å². The van der Waals surface area contributed by atoms with Crippen molar-refractivity contribution in [1.82, 2.24) is 10.3 Å². The molecule has 1 heterocycles. The lowest BCUT2D eigenvalue weighted by atomic mass is 10.2. The molecule has 2 aromatic rings. The molecule has 0 radical (unpaired) electrons. The topological polar surface area (TPSA) is 44.9 Å². The van der Waals surface area contributed by atoms with Crippen molar-refractivity contribution in [2.45, 2.75) is 6.92 Å². The first kappa shape index (κ1) is 11.0. The molecule has 1 aromatic heterocycles. The lowest BCUT2D eigenvalue weighted by Crippen LogP contribution is -2.22. The molecule has 1 amide bonds. The van der Waals surface area contributed by atoms with Crippen molar-refractivity contribution in [3.63, 3.8) is 0 Å². The number of halogens is 2. The van der Waals surface area contributed by atoms with Crippen LogP contribution in [0.25, 0.3) is 10.9 Å². The average Bonchev–Trinajstić information content (AvgIpc) is 2.69. The standard InChI is InChI=1S/C11H10ClFN2O/c1-2-14-11(16)8-5-6-3-4-7(12)9(13)10(6)15-8/h3-5,15H,2H2,1H3,(H,14,16). The molecule has 1 aromatic carbocycles. The third-order valence-electron chi connectivity index (χ3n) is 2.27. The van der Waals surface area contributed by atoms with E-state index >= 15 is 0 Å². The van der Waals surface area contributed by atoms with E-state index in [2.05, 4.69) is 10.3 Å². The molecular formula is C11H10ClFN2O. The Bertz CT molecular complexity index is 550. The smallest absolute Gasteiger partial charge is 0.267 e. The van der Waals surface area contributed by atoms with Gasteiger partial charge in [0.15, 0.2) is 5.82 Å². The number of nitrogens with one attached hydrogen (secondary N) is 2. The Morgan fingerprint density at radius 2 is 2.31 bits per heavy atom. The molecule has 0 aliphatic carbocycles. The molecule has 0 spiro atoms. The van der Waals surface area contributed by atoms with Gasteiger partial charge in [-0.15, -0.1) is 0 Å². The highest BCUT2D eigenvalue weighted by Crippen LogP contribution is 2.24.